The molecule has 0 amide bonds. The lowest BCUT2D eigenvalue weighted by Crippen LogP contribution is -2.43. The van der Waals surface area contributed by atoms with Gasteiger partial charge in [0, 0.05) is 24.4 Å². The first kappa shape index (κ1) is 14.3. The highest BCUT2D eigenvalue weighted by Crippen LogP contribution is 2.18. The molecular weight excluding hydrogens is 218 g/mol. The van der Waals surface area contributed by atoms with Crippen LogP contribution in [0.1, 0.15) is 46.5 Å². The monoisotopic (exact) mass is 245 g/mol. The van der Waals surface area contributed by atoms with Crippen molar-refractivity contribution in [2.75, 3.05) is 18.1 Å². The van der Waals surface area contributed by atoms with Crippen LogP contribution in [-0.2, 0) is 4.74 Å². The van der Waals surface area contributed by atoms with E-state index in [1.165, 1.54) is 37.2 Å². The average Bonchev–Trinajstić information content (AvgIpc) is 2.27. The Bertz CT molecular complexity index is 175. The van der Waals surface area contributed by atoms with Crippen LogP contribution in [0.2, 0.25) is 0 Å². The number of hydrogen-bond acceptors (Lipinski definition) is 3. The van der Waals surface area contributed by atoms with Crippen LogP contribution in [0.5, 0.6) is 0 Å². The van der Waals surface area contributed by atoms with E-state index in [1.807, 2.05) is 11.8 Å². The Balaban J connectivity index is 2.20. The lowest BCUT2D eigenvalue weighted by Gasteiger charge is -2.32. The van der Waals surface area contributed by atoms with Crippen LogP contribution in [-0.4, -0.2) is 36.3 Å². The zero-order valence-corrected chi connectivity index (χ0v) is 11.8. The van der Waals surface area contributed by atoms with Crippen molar-refractivity contribution in [3.63, 3.8) is 0 Å². The minimum Gasteiger partial charge on any atom is -0.378 e. The maximum atomic E-state index is 5.77. The largest absolute Gasteiger partial charge is 0.378 e. The number of hydrogen-bond donors (Lipinski definition) is 1. The van der Waals surface area contributed by atoms with E-state index in [9.17, 15) is 0 Å². The van der Waals surface area contributed by atoms with Crippen LogP contribution < -0.4 is 5.32 Å². The molecule has 16 heavy (non-hydrogen) atoms. The van der Waals surface area contributed by atoms with Crippen molar-refractivity contribution in [2.24, 2.45) is 0 Å². The summed E-state index contributed by atoms with van der Waals surface area (Å²) in [7, 11) is 0. The van der Waals surface area contributed by atoms with E-state index < -0.39 is 0 Å². The minimum atomic E-state index is 0.502. The molecule has 2 nitrogen and oxygen atoms in total. The molecule has 1 rings (SSSR count). The van der Waals surface area contributed by atoms with Crippen molar-refractivity contribution in [3.8, 4) is 0 Å². The summed E-state index contributed by atoms with van der Waals surface area (Å²) in [5.74, 6) is 2.45. The van der Waals surface area contributed by atoms with E-state index in [0.717, 1.165) is 6.61 Å². The van der Waals surface area contributed by atoms with E-state index in [1.54, 1.807) is 0 Å². The zero-order chi connectivity index (χ0) is 11.8. The van der Waals surface area contributed by atoms with Crippen molar-refractivity contribution >= 4 is 11.8 Å². The summed E-state index contributed by atoms with van der Waals surface area (Å²) in [6, 6.07) is 1.31. The fraction of sp³-hybridized carbons (Fsp3) is 1.00. The Morgan fingerprint density at radius 1 is 1.44 bits per heavy atom. The Kier molecular flexibility index (Phi) is 7.50. The third-order valence-electron chi connectivity index (χ3n) is 3.07. The van der Waals surface area contributed by atoms with Gasteiger partial charge in [-0.15, -0.1) is 0 Å². The van der Waals surface area contributed by atoms with Crippen LogP contribution in [0, 0.1) is 0 Å². The van der Waals surface area contributed by atoms with Crippen molar-refractivity contribution in [1.29, 1.82) is 0 Å². The van der Waals surface area contributed by atoms with E-state index in [0.29, 0.717) is 18.2 Å². The van der Waals surface area contributed by atoms with Gasteiger partial charge in [-0.25, -0.2) is 0 Å². The van der Waals surface area contributed by atoms with Gasteiger partial charge in [0.25, 0.3) is 0 Å². The van der Waals surface area contributed by atoms with Gasteiger partial charge in [0.2, 0.25) is 0 Å². The minimum absolute atomic E-state index is 0.502. The maximum absolute atomic E-state index is 5.77. The van der Waals surface area contributed by atoms with Gasteiger partial charge in [-0.1, -0.05) is 20.3 Å². The maximum Gasteiger partial charge on any atom is 0.0589 e. The normalized spacial score (nSPS) is 27.9. The summed E-state index contributed by atoms with van der Waals surface area (Å²) in [4.78, 5) is 0. The summed E-state index contributed by atoms with van der Waals surface area (Å²) >= 11 is 2.02. The summed E-state index contributed by atoms with van der Waals surface area (Å²) in [6.45, 7) is 7.70. The van der Waals surface area contributed by atoms with Gasteiger partial charge in [-0.3, -0.25) is 0 Å². The summed E-state index contributed by atoms with van der Waals surface area (Å²) in [5.41, 5.74) is 0. The van der Waals surface area contributed by atoms with Gasteiger partial charge >= 0.3 is 0 Å². The van der Waals surface area contributed by atoms with Gasteiger partial charge in [-0.05, 0) is 31.9 Å². The predicted molar refractivity (Wildman–Crippen MR) is 73.3 cm³/mol. The molecule has 1 heterocycles. The summed E-state index contributed by atoms with van der Waals surface area (Å²) in [6.07, 6.45) is 5.34. The summed E-state index contributed by atoms with van der Waals surface area (Å²) in [5, 5.41) is 3.74. The molecule has 1 N–H and O–H groups in total. The molecule has 0 aromatic carbocycles. The molecule has 0 radical (unpaired) electrons. The van der Waals surface area contributed by atoms with Crippen molar-refractivity contribution in [2.45, 2.75) is 64.6 Å². The third-order valence-corrected chi connectivity index (χ3v) is 4.21. The number of ether oxygens (including phenoxy) is 1. The van der Waals surface area contributed by atoms with Gasteiger partial charge < -0.3 is 10.1 Å². The van der Waals surface area contributed by atoms with E-state index in [2.05, 4.69) is 26.1 Å². The van der Waals surface area contributed by atoms with Crippen LogP contribution in [0.3, 0.4) is 0 Å². The zero-order valence-electron chi connectivity index (χ0n) is 11.0. The smallest absolute Gasteiger partial charge is 0.0589 e. The number of nitrogens with one attached hydrogen (secondary N) is 1. The quantitative estimate of drug-likeness (QED) is 0.745. The molecule has 0 aliphatic carbocycles. The molecule has 1 saturated heterocycles. The highest BCUT2D eigenvalue weighted by atomic mass is 32.2. The Hall–Kier alpha value is 0.270. The number of thioether (sulfide) groups is 1. The Labute approximate surface area is 105 Å². The lowest BCUT2D eigenvalue weighted by molar-refractivity contribution is -0.00426. The highest BCUT2D eigenvalue weighted by Gasteiger charge is 2.22. The molecule has 0 bridgehead atoms. The second-order valence-electron chi connectivity index (χ2n) is 4.73. The first-order chi connectivity index (χ1) is 7.76. The van der Waals surface area contributed by atoms with Crippen LogP contribution in [0.4, 0.5) is 0 Å². The molecule has 1 aliphatic rings. The third kappa shape index (κ3) is 5.55. The second-order valence-corrected chi connectivity index (χ2v) is 6.05. The van der Waals surface area contributed by atoms with Crippen molar-refractivity contribution < 1.29 is 4.74 Å². The van der Waals surface area contributed by atoms with E-state index in [-0.39, 0.29) is 0 Å². The molecule has 96 valence electrons. The van der Waals surface area contributed by atoms with E-state index in [4.69, 9.17) is 4.74 Å². The van der Waals surface area contributed by atoms with Crippen molar-refractivity contribution in [3.05, 3.63) is 0 Å². The van der Waals surface area contributed by atoms with E-state index >= 15 is 0 Å². The lowest BCUT2D eigenvalue weighted by atomic mass is 9.99. The molecule has 1 aliphatic heterocycles. The molecule has 0 saturated carbocycles. The predicted octanol–water partition coefficient (Wildman–Crippen LogP) is 3.07. The Morgan fingerprint density at radius 3 is 2.94 bits per heavy atom. The molecule has 0 spiro atoms. The standard InChI is InChI=1S/C13H27NOS/c1-4-6-13-9-12(7-8-15-13)14-11(3)10-16-5-2/h11-14H,4-10H2,1-3H3. The summed E-state index contributed by atoms with van der Waals surface area (Å²) < 4.78 is 5.77. The molecule has 3 heteroatoms. The SMILES string of the molecule is CCCC1CC(NC(C)CSCC)CCO1. The van der Waals surface area contributed by atoms with Gasteiger partial charge in [0.1, 0.15) is 0 Å². The first-order valence-electron chi connectivity index (χ1n) is 6.71. The molecule has 0 aromatic heterocycles. The van der Waals surface area contributed by atoms with Crippen LogP contribution >= 0.6 is 11.8 Å². The Morgan fingerprint density at radius 2 is 2.25 bits per heavy atom. The van der Waals surface area contributed by atoms with Gasteiger partial charge in [0.05, 0.1) is 6.10 Å². The molecular formula is C13H27NOS. The molecule has 1 fully saturated rings. The fourth-order valence-corrected chi connectivity index (χ4v) is 2.99. The number of rotatable bonds is 7. The average molecular weight is 245 g/mol. The topological polar surface area (TPSA) is 21.3 Å². The molecule has 0 aromatic rings. The molecule has 3 atom stereocenters. The highest BCUT2D eigenvalue weighted by molar-refractivity contribution is 7.99. The van der Waals surface area contributed by atoms with Crippen LogP contribution in [0.15, 0.2) is 0 Å². The van der Waals surface area contributed by atoms with Crippen LogP contribution in [0.25, 0.3) is 0 Å². The van der Waals surface area contributed by atoms with Gasteiger partial charge in [-0.2, -0.15) is 11.8 Å². The molecule has 3 unspecified atom stereocenters. The van der Waals surface area contributed by atoms with Crippen molar-refractivity contribution in [1.82, 2.24) is 5.32 Å². The van der Waals surface area contributed by atoms with Gasteiger partial charge in [0.15, 0.2) is 0 Å². The fourth-order valence-electron chi connectivity index (χ4n) is 2.30. The first-order valence-corrected chi connectivity index (χ1v) is 7.87. The second kappa shape index (κ2) is 8.37.